The van der Waals surface area contributed by atoms with Gasteiger partial charge in [-0.05, 0) is 49.8 Å². The minimum atomic E-state index is -1.29. The molecular formula is C22H25NO2. The highest BCUT2D eigenvalue weighted by Crippen LogP contribution is 2.32. The summed E-state index contributed by atoms with van der Waals surface area (Å²) in [6.07, 6.45) is 4.13. The van der Waals surface area contributed by atoms with Gasteiger partial charge in [0.2, 0.25) is 0 Å². The number of aliphatic hydroxyl groups is 1. The standard InChI is InChI=1S/C22H25NO2/c1-22(2,25)21(24)14-17(13-12-16-8-4-3-5-9-16)19-15-23-20-11-7-6-10-18(19)20/h3-11,15,17,23,25H,12-14H2,1-2H3/t17-/m0/s1. The van der Waals surface area contributed by atoms with Crippen molar-refractivity contribution in [2.75, 3.05) is 0 Å². The van der Waals surface area contributed by atoms with Crippen molar-refractivity contribution in [1.82, 2.24) is 4.98 Å². The first-order valence-electron chi connectivity index (χ1n) is 8.81. The van der Waals surface area contributed by atoms with Crippen molar-refractivity contribution in [3.05, 3.63) is 71.9 Å². The highest BCUT2D eigenvalue weighted by atomic mass is 16.3. The first-order valence-corrected chi connectivity index (χ1v) is 8.81. The number of aromatic nitrogens is 1. The molecule has 0 bridgehead atoms. The molecule has 0 saturated heterocycles. The van der Waals surface area contributed by atoms with Crippen LogP contribution >= 0.6 is 0 Å². The molecule has 2 aromatic carbocycles. The van der Waals surface area contributed by atoms with Gasteiger partial charge in [0.25, 0.3) is 0 Å². The van der Waals surface area contributed by atoms with Crippen LogP contribution in [-0.2, 0) is 11.2 Å². The molecule has 0 aliphatic rings. The molecule has 0 fully saturated rings. The predicted molar refractivity (Wildman–Crippen MR) is 102 cm³/mol. The number of hydrogen-bond donors (Lipinski definition) is 2. The summed E-state index contributed by atoms with van der Waals surface area (Å²) in [7, 11) is 0. The summed E-state index contributed by atoms with van der Waals surface area (Å²) in [6.45, 7) is 3.14. The van der Waals surface area contributed by atoms with E-state index < -0.39 is 5.60 Å². The Labute approximate surface area is 148 Å². The molecule has 1 heterocycles. The fourth-order valence-electron chi connectivity index (χ4n) is 3.26. The van der Waals surface area contributed by atoms with Crippen LogP contribution in [0.5, 0.6) is 0 Å². The van der Waals surface area contributed by atoms with Gasteiger partial charge in [0, 0.05) is 23.5 Å². The Morgan fingerprint density at radius 3 is 2.48 bits per heavy atom. The summed E-state index contributed by atoms with van der Waals surface area (Å²) in [5, 5.41) is 11.2. The Morgan fingerprint density at radius 1 is 1.08 bits per heavy atom. The van der Waals surface area contributed by atoms with Crippen LogP contribution in [0.15, 0.2) is 60.8 Å². The monoisotopic (exact) mass is 335 g/mol. The number of benzene rings is 2. The first kappa shape index (κ1) is 17.4. The van der Waals surface area contributed by atoms with Crippen LogP contribution < -0.4 is 0 Å². The lowest BCUT2D eigenvalue weighted by atomic mass is 9.85. The van der Waals surface area contributed by atoms with Crippen LogP contribution in [0.3, 0.4) is 0 Å². The van der Waals surface area contributed by atoms with E-state index in [2.05, 4.69) is 23.2 Å². The van der Waals surface area contributed by atoms with Gasteiger partial charge >= 0.3 is 0 Å². The van der Waals surface area contributed by atoms with Gasteiger partial charge in [0.15, 0.2) is 5.78 Å². The molecule has 3 aromatic rings. The van der Waals surface area contributed by atoms with Crippen LogP contribution in [0.1, 0.15) is 43.7 Å². The van der Waals surface area contributed by atoms with Crippen LogP contribution in [0.25, 0.3) is 10.9 Å². The number of fused-ring (bicyclic) bond motifs is 1. The lowest BCUT2D eigenvalue weighted by molar-refractivity contribution is -0.134. The fourth-order valence-corrected chi connectivity index (χ4v) is 3.26. The second-order valence-corrected chi connectivity index (χ2v) is 7.20. The average Bonchev–Trinajstić information content (AvgIpc) is 3.02. The number of hydrogen-bond acceptors (Lipinski definition) is 2. The van der Waals surface area contributed by atoms with E-state index in [4.69, 9.17) is 0 Å². The molecule has 3 heteroatoms. The van der Waals surface area contributed by atoms with Gasteiger partial charge < -0.3 is 10.1 Å². The number of para-hydroxylation sites is 1. The van der Waals surface area contributed by atoms with Gasteiger partial charge in [-0.15, -0.1) is 0 Å². The quantitative estimate of drug-likeness (QED) is 0.662. The maximum atomic E-state index is 12.5. The summed E-state index contributed by atoms with van der Waals surface area (Å²) in [5.74, 6) is -0.0360. The number of rotatable bonds is 7. The van der Waals surface area contributed by atoms with Crippen molar-refractivity contribution in [2.24, 2.45) is 0 Å². The van der Waals surface area contributed by atoms with E-state index in [0.29, 0.717) is 6.42 Å². The summed E-state index contributed by atoms with van der Waals surface area (Å²) >= 11 is 0. The maximum absolute atomic E-state index is 12.5. The molecule has 0 aliphatic heterocycles. The van der Waals surface area contributed by atoms with Crippen molar-refractivity contribution in [3.63, 3.8) is 0 Å². The highest BCUT2D eigenvalue weighted by Gasteiger charge is 2.28. The summed E-state index contributed by atoms with van der Waals surface area (Å²) in [4.78, 5) is 15.8. The molecule has 0 spiro atoms. The second-order valence-electron chi connectivity index (χ2n) is 7.20. The number of nitrogens with one attached hydrogen (secondary N) is 1. The molecule has 1 atom stereocenters. The summed E-state index contributed by atoms with van der Waals surface area (Å²) in [5.41, 5.74) is 2.21. The van der Waals surface area contributed by atoms with Gasteiger partial charge in [-0.3, -0.25) is 4.79 Å². The lowest BCUT2D eigenvalue weighted by Gasteiger charge is -2.21. The average molecular weight is 335 g/mol. The van der Waals surface area contributed by atoms with E-state index in [1.54, 1.807) is 13.8 Å². The number of aryl methyl sites for hydroxylation is 1. The van der Waals surface area contributed by atoms with Crippen molar-refractivity contribution < 1.29 is 9.90 Å². The number of H-pyrrole nitrogens is 1. The summed E-state index contributed by atoms with van der Waals surface area (Å²) in [6, 6.07) is 18.5. The minimum Gasteiger partial charge on any atom is -0.383 e. The predicted octanol–water partition coefficient (Wildman–Crippen LogP) is 4.61. The van der Waals surface area contributed by atoms with Crippen molar-refractivity contribution in [1.29, 1.82) is 0 Å². The summed E-state index contributed by atoms with van der Waals surface area (Å²) < 4.78 is 0. The normalized spacial score (nSPS) is 13.1. The molecule has 1 aromatic heterocycles. The van der Waals surface area contributed by atoms with E-state index in [1.807, 2.05) is 42.6 Å². The zero-order valence-corrected chi connectivity index (χ0v) is 14.8. The molecule has 0 radical (unpaired) electrons. The van der Waals surface area contributed by atoms with E-state index in [-0.39, 0.29) is 11.7 Å². The molecule has 3 nitrogen and oxygen atoms in total. The minimum absolute atomic E-state index is 0.0790. The molecule has 130 valence electrons. The highest BCUT2D eigenvalue weighted by molar-refractivity contribution is 5.89. The van der Waals surface area contributed by atoms with Crippen LogP contribution in [0, 0.1) is 0 Å². The van der Waals surface area contributed by atoms with Crippen LogP contribution in [0.2, 0.25) is 0 Å². The molecule has 0 amide bonds. The maximum Gasteiger partial charge on any atom is 0.164 e. The van der Waals surface area contributed by atoms with Gasteiger partial charge in [0.1, 0.15) is 5.60 Å². The largest absolute Gasteiger partial charge is 0.383 e. The first-order chi connectivity index (χ1) is 11.9. The second kappa shape index (κ2) is 7.24. The Hall–Kier alpha value is -2.39. The Balaban J connectivity index is 1.87. The van der Waals surface area contributed by atoms with Gasteiger partial charge in [-0.2, -0.15) is 0 Å². The molecule has 0 aliphatic carbocycles. The Morgan fingerprint density at radius 2 is 1.76 bits per heavy atom. The molecule has 0 saturated carbocycles. The topological polar surface area (TPSA) is 53.1 Å². The van der Waals surface area contributed by atoms with Crippen molar-refractivity contribution in [3.8, 4) is 0 Å². The zero-order chi connectivity index (χ0) is 17.9. The third kappa shape index (κ3) is 4.18. The smallest absolute Gasteiger partial charge is 0.164 e. The molecule has 25 heavy (non-hydrogen) atoms. The molecule has 2 N–H and O–H groups in total. The van der Waals surface area contributed by atoms with E-state index in [0.717, 1.165) is 29.3 Å². The lowest BCUT2D eigenvalue weighted by Crippen LogP contribution is -2.32. The van der Waals surface area contributed by atoms with E-state index >= 15 is 0 Å². The SMILES string of the molecule is CC(C)(O)C(=O)C[C@H](CCc1ccccc1)c1c[nH]c2ccccc12. The number of Topliss-reactive ketones (excluding diaryl/α,β-unsaturated/α-hetero) is 1. The van der Waals surface area contributed by atoms with Crippen molar-refractivity contribution in [2.45, 2.75) is 44.6 Å². The third-order valence-corrected chi connectivity index (χ3v) is 4.80. The number of carbonyl (C=O) groups is 1. The van der Waals surface area contributed by atoms with Crippen LogP contribution in [-0.4, -0.2) is 21.5 Å². The fraction of sp³-hybridized carbons (Fsp3) is 0.318. The van der Waals surface area contributed by atoms with Gasteiger partial charge in [0.05, 0.1) is 0 Å². The van der Waals surface area contributed by atoms with Crippen LogP contribution in [0.4, 0.5) is 0 Å². The number of aromatic amines is 1. The Bertz CT molecular complexity index is 843. The molecule has 0 unspecified atom stereocenters. The molecule has 3 rings (SSSR count). The zero-order valence-electron chi connectivity index (χ0n) is 14.8. The number of ketones is 1. The third-order valence-electron chi connectivity index (χ3n) is 4.80. The van der Waals surface area contributed by atoms with Gasteiger partial charge in [-0.25, -0.2) is 0 Å². The van der Waals surface area contributed by atoms with Crippen molar-refractivity contribution >= 4 is 16.7 Å². The van der Waals surface area contributed by atoms with E-state index in [1.165, 1.54) is 5.56 Å². The Kier molecular flexibility index (Phi) is 5.05. The van der Waals surface area contributed by atoms with E-state index in [9.17, 15) is 9.90 Å². The molecular weight excluding hydrogens is 310 g/mol. The number of carbonyl (C=O) groups excluding carboxylic acids is 1. The van der Waals surface area contributed by atoms with Gasteiger partial charge in [-0.1, -0.05) is 48.5 Å².